The number of halogens is 1. The number of piperidine rings is 1. The highest BCUT2D eigenvalue weighted by molar-refractivity contribution is 5.80. The van der Waals surface area contributed by atoms with E-state index in [1.807, 2.05) is 6.92 Å². The zero-order valence-electron chi connectivity index (χ0n) is 15.9. The molecule has 27 heavy (non-hydrogen) atoms. The molecule has 4 rings (SSSR count). The smallest absolute Gasteiger partial charge is 0.226 e. The van der Waals surface area contributed by atoms with Gasteiger partial charge in [-0.05, 0) is 49.3 Å². The van der Waals surface area contributed by atoms with E-state index in [-0.39, 0.29) is 36.9 Å². The van der Waals surface area contributed by atoms with Crippen molar-refractivity contribution in [2.75, 3.05) is 6.54 Å². The number of nitrogens with one attached hydrogen (secondary N) is 4. The molecule has 5 unspecified atom stereocenters. The highest BCUT2D eigenvalue weighted by Gasteiger charge is 2.36. The molecule has 1 aliphatic carbocycles. The highest BCUT2D eigenvalue weighted by Crippen LogP contribution is 2.34. The van der Waals surface area contributed by atoms with Crippen LogP contribution in [-0.4, -0.2) is 30.9 Å². The zero-order valence-corrected chi connectivity index (χ0v) is 15.9. The zero-order chi connectivity index (χ0) is 19.0. The van der Waals surface area contributed by atoms with Crippen LogP contribution in [0.15, 0.2) is 18.2 Å². The number of alkyl halides is 1. The van der Waals surface area contributed by atoms with Gasteiger partial charge < -0.3 is 10.6 Å². The van der Waals surface area contributed by atoms with E-state index in [1.165, 1.54) is 5.56 Å². The number of fused-ring (bicyclic) bond motifs is 1. The van der Waals surface area contributed by atoms with Gasteiger partial charge in [-0.3, -0.25) is 14.9 Å². The second kappa shape index (κ2) is 7.83. The van der Waals surface area contributed by atoms with E-state index >= 15 is 0 Å². The number of hydrogen-bond donors (Lipinski definition) is 4. The summed E-state index contributed by atoms with van der Waals surface area (Å²) < 4.78 is 14.2. The first-order valence-electron chi connectivity index (χ1n) is 10.0. The molecule has 1 amide bonds. The van der Waals surface area contributed by atoms with Gasteiger partial charge in [-0.2, -0.15) is 5.48 Å². The molecule has 6 atom stereocenters. The molecule has 3 aliphatic rings. The summed E-state index contributed by atoms with van der Waals surface area (Å²) in [5, 5.41) is 9.58. The van der Waals surface area contributed by atoms with Gasteiger partial charge in [-0.25, -0.2) is 4.39 Å². The molecule has 1 aromatic carbocycles. The van der Waals surface area contributed by atoms with Crippen molar-refractivity contribution < 1.29 is 14.0 Å². The lowest BCUT2D eigenvalue weighted by molar-refractivity contribution is -0.129. The summed E-state index contributed by atoms with van der Waals surface area (Å²) in [7, 11) is 0. The van der Waals surface area contributed by atoms with Crippen LogP contribution in [0.3, 0.4) is 0 Å². The third-order valence-electron chi connectivity index (χ3n) is 5.99. The summed E-state index contributed by atoms with van der Waals surface area (Å²) in [6, 6.07) is 6.48. The Hall–Kier alpha value is -1.54. The van der Waals surface area contributed by atoms with E-state index < -0.39 is 12.1 Å². The molecule has 2 saturated heterocycles. The molecule has 0 spiro atoms. The molecule has 2 heterocycles. The summed E-state index contributed by atoms with van der Waals surface area (Å²) >= 11 is 0. The topological polar surface area (TPSA) is 74.4 Å². The van der Waals surface area contributed by atoms with Crippen LogP contribution < -0.4 is 21.4 Å². The van der Waals surface area contributed by atoms with Gasteiger partial charge in [0, 0.05) is 12.6 Å². The molecule has 0 aromatic heterocycles. The maximum atomic E-state index is 14.2. The number of hydroxylamine groups is 1. The van der Waals surface area contributed by atoms with Gasteiger partial charge in [0.1, 0.15) is 18.6 Å². The monoisotopic (exact) mass is 376 g/mol. The van der Waals surface area contributed by atoms with Gasteiger partial charge in [0.25, 0.3) is 0 Å². The molecule has 148 valence electrons. The molecule has 4 N–H and O–H groups in total. The average Bonchev–Trinajstić information content (AvgIpc) is 3.30. The van der Waals surface area contributed by atoms with E-state index in [0.29, 0.717) is 6.42 Å². The van der Waals surface area contributed by atoms with E-state index in [4.69, 9.17) is 4.84 Å². The minimum absolute atomic E-state index is 0.0163. The van der Waals surface area contributed by atoms with Crippen molar-refractivity contribution in [2.45, 2.75) is 70.2 Å². The van der Waals surface area contributed by atoms with Crippen molar-refractivity contribution >= 4 is 5.91 Å². The van der Waals surface area contributed by atoms with Gasteiger partial charge in [0.2, 0.25) is 5.91 Å². The lowest BCUT2D eigenvalue weighted by Crippen LogP contribution is -2.49. The van der Waals surface area contributed by atoms with Gasteiger partial charge in [-0.15, -0.1) is 0 Å². The number of benzene rings is 1. The fourth-order valence-corrected chi connectivity index (χ4v) is 4.35. The summed E-state index contributed by atoms with van der Waals surface area (Å²) in [5.74, 6) is -0.712. The Morgan fingerprint density at radius 2 is 2.26 bits per heavy atom. The van der Waals surface area contributed by atoms with Crippen molar-refractivity contribution in [2.24, 2.45) is 5.92 Å². The van der Waals surface area contributed by atoms with E-state index in [0.717, 1.165) is 30.4 Å². The predicted octanol–water partition coefficient (Wildman–Crippen LogP) is 1.99. The maximum absolute atomic E-state index is 14.2. The van der Waals surface area contributed by atoms with Crippen molar-refractivity contribution in [3.05, 3.63) is 34.9 Å². The Labute approximate surface area is 159 Å². The Morgan fingerprint density at radius 3 is 3.04 bits per heavy atom. The first-order chi connectivity index (χ1) is 13.0. The molecular weight excluding hydrogens is 347 g/mol. The average molecular weight is 376 g/mol. The van der Waals surface area contributed by atoms with Crippen LogP contribution in [0.5, 0.6) is 0 Å². The molecule has 2 aliphatic heterocycles. The van der Waals surface area contributed by atoms with E-state index in [1.54, 1.807) is 0 Å². The largest absolute Gasteiger partial charge is 0.349 e. The van der Waals surface area contributed by atoms with Crippen LogP contribution in [0.25, 0.3) is 0 Å². The Balaban J connectivity index is 1.42. The highest BCUT2D eigenvalue weighted by atomic mass is 19.1. The molecular formula is C20H29FN4O2. The van der Waals surface area contributed by atoms with E-state index in [2.05, 4.69) is 46.6 Å². The fraction of sp³-hybridized carbons (Fsp3) is 0.650. The summed E-state index contributed by atoms with van der Waals surface area (Å²) in [5.41, 5.74) is 6.56. The standard InChI is InChI=1S/C20H29FN4O2/c1-3-18-24-19(25-27-18)13-4-6-14-12(9-13)5-7-17(14)23-20(26)15-8-11(2)22-10-16(15)21/h4,6,9,11,15-19,22,24-25H,3,5,7-8,10H2,1-2H3,(H,23,26)/t11?,15?,16?,17-,18?,19?/m1/s1. The van der Waals surface area contributed by atoms with Crippen LogP contribution in [0.1, 0.15) is 62.0 Å². The lowest BCUT2D eigenvalue weighted by Gasteiger charge is -2.31. The number of carbonyl (C=O) groups excluding carboxylic acids is 1. The van der Waals surface area contributed by atoms with E-state index in [9.17, 15) is 9.18 Å². The van der Waals surface area contributed by atoms with Crippen molar-refractivity contribution in [3.8, 4) is 0 Å². The first-order valence-corrected chi connectivity index (χ1v) is 10.0. The lowest BCUT2D eigenvalue weighted by atomic mass is 9.90. The van der Waals surface area contributed by atoms with Gasteiger partial charge in [0.15, 0.2) is 0 Å². The maximum Gasteiger partial charge on any atom is 0.226 e. The van der Waals surface area contributed by atoms with Crippen molar-refractivity contribution in [1.29, 1.82) is 0 Å². The molecule has 0 saturated carbocycles. The number of hydrogen-bond acceptors (Lipinski definition) is 5. The summed E-state index contributed by atoms with van der Waals surface area (Å²) in [4.78, 5) is 18.1. The molecule has 7 heteroatoms. The first kappa shape index (κ1) is 18.8. The summed E-state index contributed by atoms with van der Waals surface area (Å²) in [6.07, 6.45) is 2.11. The normalized spacial score (nSPS) is 35.8. The third kappa shape index (κ3) is 3.87. The fourth-order valence-electron chi connectivity index (χ4n) is 4.35. The number of carbonyl (C=O) groups is 1. The number of aryl methyl sites for hydroxylation is 1. The number of amides is 1. The third-order valence-corrected chi connectivity index (χ3v) is 5.99. The Morgan fingerprint density at radius 1 is 1.41 bits per heavy atom. The minimum Gasteiger partial charge on any atom is -0.349 e. The van der Waals surface area contributed by atoms with Crippen LogP contribution in [0, 0.1) is 5.92 Å². The van der Waals surface area contributed by atoms with Crippen LogP contribution in [0.4, 0.5) is 4.39 Å². The van der Waals surface area contributed by atoms with Crippen molar-refractivity contribution in [3.63, 3.8) is 0 Å². The van der Waals surface area contributed by atoms with Crippen molar-refractivity contribution in [1.82, 2.24) is 21.4 Å². The summed E-state index contributed by atoms with van der Waals surface area (Å²) in [6.45, 7) is 4.32. The molecule has 2 fully saturated rings. The Bertz CT molecular complexity index is 701. The second-order valence-electron chi connectivity index (χ2n) is 7.96. The van der Waals surface area contributed by atoms with Crippen LogP contribution in [0.2, 0.25) is 0 Å². The van der Waals surface area contributed by atoms with Gasteiger partial charge >= 0.3 is 0 Å². The molecule has 0 radical (unpaired) electrons. The second-order valence-corrected chi connectivity index (χ2v) is 7.96. The number of rotatable bonds is 4. The van der Waals surface area contributed by atoms with Crippen LogP contribution in [-0.2, 0) is 16.1 Å². The SMILES string of the molecule is CCC1NC(c2ccc3c(c2)CC[C@H]3NC(=O)C2CC(C)NCC2F)NO1. The molecule has 1 aromatic rings. The Kier molecular flexibility index (Phi) is 5.45. The molecule has 6 nitrogen and oxygen atoms in total. The quantitative estimate of drug-likeness (QED) is 0.647. The van der Waals surface area contributed by atoms with Crippen LogP contribution >= 0.6 is 0 Å². The molecule has 0 bridgehead atoms. The predicted molar refractivity (Wildman–Crippen MR) is 100 cm³/mol. The van der Waals surface area contributed by atoms with Gasteiger partial charge in [0.05, 0.1) is 12.0 Å². The van der Waals surface area contributed by atoms with Gasteiger partial charge in [-0.1, -0.05) is 25.1 Å². The minimum atomic E-state index is -1.12.